The second-order valence-electron chi connectivity index (χ2n) is 5.91. The van der Waals surface area contributed by atoms with Gasteiger partial charge in [-0.05, 0) is 30.5 Å². The van der Waals surface area contributed by atoms with E-state index < -0.39 is 18.5 Å². The number of benzene rings is 2. The van der Waals surface area contributed by atoms with Crippen molar-refractivity contribution in [3.8, 4) is 0 Å². The summed E-state index contributed by atoms with van der Waals surface area (Å²) in [6.45, 7) is 3.09. The van der Waals surface area contributed by atoms with Gasteiger partial charge in [-0.25, -0.2) is 0 Å². The number of nitrogens with one attached hydrogen (secondary N) is 2. The third kappa shape index (κ3) is 6.05. The van der Waals surface area contributed by atoms with Gasteiger partial charge >= 0.3 is 5.97 Å². The molecule has 2 aromatic rings. The van der Waals surface area contributed by atoms with Crippen molar-refractivity contribution in [1.82, 2.24) is 5.32 Å². The number of carbonyl (C=O) groups excluding carboxylic acids is 3. The SMILES string of the molecule is Cc1cccc(C)c1NC(=O)COC(=O)CNC(=O)Cc1ccccc1. The van der Waals surface area contributed by atoms with Crippen molar-refractivity contribution in [1.29, 1.82) is 0 Å². The summed E-state index contributed by atoms with van der Waals surface area (Å²) in [7, 11) is 0. The highest BCUT2D eigenvalue weighted by Gasteiger charge is 2.11. The van der Waals surface area contributed by atoms with Crippen molar-refractivity contribution in [3.63, 3.8) is 0 Å². The summed E-state index contributed by atoms with van der Waals surface area (Å²) >= 11 is 0. The largest absolute Gasteiger partial charge is 0.454 e. The minimum atomic E-state index is -0.664. The van der Waals surface area contributed by atoms with Crippen LogP contribution in [-0.4, -0.2) is 30.9 Å². The van der Waals surface area contributed by atoms with Crippen molar-refractivity contribution in [2.75, 3.05) is 18.5 Å². The van der Waals surface area contributed by atoms with Crippen molar-refractivity contribution in [2.24, 2.45) is 0 Å². The number of para-hydroxylation sites is 1. The van der Waals surface area contributed by atoms with E-state index in [2.05, 4.69) is 10.6 Å². The Kier molecular flexibility index (Phi) is 6.91. The van der Waals surface area contributed by atoms with Gasteiger partial charge in [0.2, 0.25) is 5.91 Å². The molecule has 0 radical (unpaired) electrons. The van der Waals surface area contributed by atoms with Crippen LogP contribution in [0.15, 0.2) is 48.5 Å². The number of ether oxygens (including phenoxy) is 1. The monoisotopic (exact) mass is 354 g/mol. The molecule has 0 aromatic heterocycles. The molecule has 136 valence electrons. The molecule has 0 aliphatic rings. The fraction of sp³-hybridized carbons (Fsp3) is 0.250. The lowest BCUT2D eigenvalue weighted by atomic mass is 10.1. The Morgan fingerprint density at radius 1 is 0.885 bits per heavy atom. The Balaban J connectivity index is 1.71. The van der Waals surface area contributed by atoms with E-state index in [1.54, 1.807) is 0 Å². The maximum atomic E-state index is 11.9. The number of esters is 1. The second-order valence-corrected chi connectivity index (χ2v) is 5.91. The highest BCUT2D eigenvalue weighted by Crippen LogP contribution is 2.19. The number of hydrogen-bond acceptors (Lipinski definition) is 4. The molecule has 0 spiro atoms. The van der Waals surface area contributed by atoms with E-state index >= 15 is 0 Å². The van der Waals surface area contributed by atoms with E-state index in [4.69, 9.17) is 4.74 Å². The standard InChI is InChI=1S/C20H22N2O4/c1-14-7-6-8-15(2)20(14)22-18(24)13-26-19(25)12-21-17(23)11-16-9-4-3-5-10-16/h3-10H,11-13H2,1-2H3,(H,21,23)(H,22,24). The molecule has 0 aliphatic carbocycles. The molecule has 0 fully saturated rings. The average Bonchev–Trinajstić information content (AvgIpc) is 2.62. The van der Waals surface area contributed by atoms with Gasteiger partial charge < -0.3 is 15.4 Å². The summed E-state index contributed by atoms with van der Waals surface area (Å²) < 4.78 is 4.89. The molecule has 6 nitrogen and oxygen atoms in total. The summed E-state index contributed by atoms with van der Waals surface area (Å²) in [5.74, 6) is -1.37. The minimum absolute atomic E-state index is 0.182. The normalized spacial score (nSPS) is 10.1. The van der Waals surface area contributed by atoms with Crippen LogP contribution in [0.5, 0.6) is 0 Å². The van der Waals surface area contributed by atoms with E-state index in [-0.39, 0.29) is 18.9 Å². The molecule has 0 atom stereocenters. The highest BCUT2D eigenvalue weighted by molar-refractivity contribution is 5.94. The van der Waals surface area contributed by atoms with Crippen LogP contribution in [0.25, 0.3) is 0 Å². The summed E-state index contributed by atoms with van der Waals surface area (Å²) in [6, 6.07) is 14.9. The van der Waals surface area contributed by atoms with Gasteiger partial charge in [-0.1, -0.05) is 48.5 Å². The van der Waals surface area contributed by atoms with Gasteiger partial charge in [-0.3, -0.25) is 14.4 Å². The molecule has 0 heterocycles. The molecule has 2 amide bonds. The molecule has 2 aromatic carbocycles. The number of carbonyl (C=O) groups is 3. The first-order chi connectivity index (χ1) is 12.5. The fourth-order valence-electron chi connectivity index (χ4n) is 2.40. The van der Waals surface area contributed by atoms with Gasteiger partial charge in [0.05, 0.1) is 6.42 Å². The fourth-order valence-corrected chi connectivity index (χ4v) is 2.40. The van der Waals surface area contributed by atoms with Crippen LogP contribution < -0.4 is 10.6 Å². The summed E-state index contributed by atoms with van der Waals surface area (Å²) in [6.07, 6.45) is 0.182. The lowest BCUT2D eigenvalue weighted by Gasteiger charge is -2.11. The molecular formula is C20H22N2O4. The van der Waals surface area contributed by atoms with Crippen LogP contribution >= 0.6 is 0 Å². The van der Waals surface area contributed by atoms with Crippen LogP contribution in [0, 0.1) is 13.8 Å². The molecule has 6 heteroatoms. The first kappa shape index (κ1) is 19.2. The van der Waals surface area contributed by atoms with Crippen LogP contribution in [0.3, 0.4) is 0 Å². The number of hydrogen-bond donors (Lipinski definition) is 2. The Labute approximate surface area is 152 Å². The molecule has 0 aliphatic heterocycles. The molecule has 2 rings (SSSR count). The first-order valence-electron chi connectivity index (χ1n) is 8.28. The Morgan fingerprint density at radius 2 is 1.54 bits per heavy atom. The number of aryl methyl sites for hydroxylation is 2. The maximum Gasteiger partial charge on any atom is 0.325 e. The molecule has 0 bridgehead atoms. The molecule has 0 saturated carbocycles. The molecule has 0 unspecified atom stereocenters. The number of rotatable bonds is 7. The van der Waals surface area contributed by atoms with Gasteiger partial charge in [-0.15, -0.1) is 0 Å². The predicted molar refractivity (Wildman–Crippen MR) is 98.7 cm³/mol. The highest BCUT2D eigenvalue weighted by atomic mass is 16.5. The van der Waals surface area contributed by atoms with Gasteiger partial charge in [-0.2, -0.15) is 0 Å². The number of anilines is 1. The molecule has 0 saturated heterocycles. The van der Waals surface area contributed by atoms with Crippen molar-refractivity contribution in [2.45, 2.75) is 20.3 Å². The summed E-state index contributed by atoms with van der Waals surface area (Å²) in [4.78, 5) is 35.4. The average molecular weight is 354 g/mol. The minimum Gasteiger partial charge on any atom is -0.454 e. The lowest BCUT2D eigenvalue weighted by Crippen LogP contribution is -2.33. The smallest absolute Gasteiger partial charge is 0.325 e. The van der Waals surface area contributed by atoms with Crippen molar-refractivity contribution >= 4 is 23.5 Å². The zero-order valence-corrected chi connectivity index (χ0v) is 14.9. The zero-order valence-electron chi connectivity index (χ0n) is 14.9. The second kappa shape index (κ2) is 9.36. The Bertz CT molecular complexity index is 767. The van der Waals surface area contributed by atoms with E-state index in [0.717, 1.165) is 16.7 Å². The van der Waals surface area contributed by atoms with Gasteiger partial charge in [0, 0.05) is 5.69 Å². The van der Waals surface area contributed by atoms with Crippen LogP contribution in [0.4, 0.5) is 5.69 Å². The topological polar surface area (TPSA) is 84.5 Å². The first-order valence-corrected chi connectivity index (χ1v) is 8.28. The Hall–Kier alpha value is -3.15. The summed E-state index contributed by atoms with van der Waals surface area (Å²) in [5.41, 5.74) is 3.42. The predicted octanol–water partition coefficient (Wildman–Crippen LogP) is 2.14. The van der Waals surface area contributed by atoms with Crippen LogP contribution in [-0.2, 0) is 25.5 Å². The third-order valence-electron chi connectivity index (χ3n) is 3.75. The zero-order chi connectivity index (χ0) is 18.9. The lowest BCUT2D eigenvalue weighted by molar-refractivity contribution is -0.147. The molecular weight excluding hydrogens is 332 g/mol. The van der Waals surface area contributed by atoms with Gasteiger partial charge in [0.25, 0.3) is 5.91 Å². The third-order valence-corrected chi connectivity index (χ3v) is 3.75. The summed E-state index contributed by atoms with van der Waals surface area (Å²) in [5, 5.41) is 5.21. The van der Waals surface area contributed by atoms with E-state index in [9.17, 15) is 14.4 Å². The number of amides is 2. The van der Waals surface area contributed by atoms with Crippen molar-refractivity contribution in [3.05, 3.63) is 65.2 Å². The molecule has 2 N–H and O–H groups in total. The van der Waals surface area contributed by atoms with Crippen LogP contribution in [0.2, 0.25) is 0 Å². The van der Waals surface area contributed by atoms with E-state index in [1.165, 1.54) is 0 Å². The maximum absolute atomic E-state index is 11.9. The van der Waals surface area contributed by atoms with E-state index in [1.807, 2.05) is 62.4 Å². The van der Waals surface area contributed by atoms with E-state index in [0.29, 0.717) is 5.69 Å². The van der Waals surface area contributed by atoms with Gasteiger partial charge in [0.15, 0.2) is 6.61 Å². The Morgan fingerprint density at radius 3 is 2.19 bits per heavy atom. The molecule has 26 heavy (non-hydrogen) atoms. The van der Waals surface area contributed by atoms with Crippen molar-refractivity contribution < 1.29 is 19.1 Å². The quantitative estimate of drug-likeness (QED) is 0.746. The van der Waals surface area contributed by atoms with Crippen LogP contribution in [0.1, 0.15) is 16.7 Å². The van der Waals surface area contributed by atoms with Gasteiger partial charge in [0.1, 0.15) is 6.54 Å².